The van der Waals surface area contributed by atoms with Gasteiger partial charge in [-0.05, 0) is 37.0 Å². The minimum absolute atomic E-state index is 0.418. The van der Waals surface area contributed by atoms with Crippen LogP contribution in [0.15, 0.2) is 47.3 Å². The third-order valence-electron chi connectivity index (χ3n) is 4.25. The van der Waals surface area contributed by atoms with Crippen LogP contribution in [0, 0.1) is 0 Å². The van der Waals surface area contributed by atoms with Crippen molar-refractivity contribution in [3.05, 3.63) is 59.7 Å². The van der Waals surface area contributed by atoms with Gasteiger partial charge in [-0.15, -0.1) is 0 Å². The van der Waals surface area contributed by atoms with Gasteiger partial charge in [0.1, 0.15) is 0 Å². The number of H-pyrrole nitrogens is 1. The lowest BCUT2D eigenvalue weighted by atomic mass is 9.91. The lowest BCUT2D eigenvalue weighted by Gasteiger charge is -2.23. The van der Waals surface area contributed by atoms with E-state index in [-0.39, 0.29) is 0 Å². The van der Waals surface area contributed by atoms with E-state index >= 15 is 0 Å². The third kappa shape index (κ3) is 1.95. The van der Waals surface area contributed by atoms with Crippen molar-refractivity contribution in [1.29, 1.82) is 0 Å². The maximum Gasteiger partial charge on any atom is 0.0947 e. The molecule has 0 bridgehead atoms. The van der Waals surface area contributed by atoms with Crippen LogP contribution in [0.2, 0.25) is 0 Å². The molecule has 2 N–H and O–H groups in total. The van der Waals surface area contributed by atoms with E-state index in [4.69, 9.17) is 4.42 Å². The first kappa shape index (κ1) is 11.8. The molecule has 0 saturated carbocycles. The smallest absolute Gasteiger partial charge is 0.0947 e. The highest BCUT2D eigenvalue weighted by molar-refractivity contribution is 5.85. The lowest BCUT2D eigenvalue weighted by Crippen LogP contribution is -2.24. The molecular weight excluding hydrogens is 248 g/mol. The number of aromatic nitrogens is 1. The standard InChI is InChI=1S/C17H18N2O/c1-2-6-15-13(4-1)14-5-3-7-16(17(14)19-15)18-10-12-8-9-20-11-12/h1-2,4,6,8-9,11,16,18-19H,3,5,7,10H2. The zero-order valence-corrected chi connectivity index (χ0v) is 11.4. The van der Waals surface area contributed by atoms with Gasteiger partial charge in [-0.1, -0.05) is 18.2 Å². The van der Waals surface area contributed by atoms with Crippen LogP contribution in [0.25, 0.3) is 10.9 Å². The monoisotopic (exact) mass is 266 g/mol. The number of benzene rings is 1. The Morgan fingerprint density at radius 2 is 2.20 bits per heavy atom. The van der Waals surface area contributed by atoms with E-state index in [1.165, 1.54) is 47.0 Å². The van der Waals surface area contributed by atoms with Crippen LogP contribution < -0.4 is 5.32 Å². The van der Waals surface area contributed by atoms with Crippen molar-refractivity contribution in [3.63, 3.8) is 0 Å². The molecule has 20 heavy (non-hydrogen) atoms. The molecule has 3 aromatic rings. The van der Waals surface area contributed by atoms with E-state index in [1.807, 2.05) is 12.3 Å². The average molecular weight is 266 g/mol. The van der Waals surface area contributed by atoms with Crippen molar-refractivity contribution in [2.75, 3.05) is 0 Å². The number of hydrogen-bond donors (Lipinski definition) is 2. The summed E-state index contributed by atoms with van der Waals surface area (Å²) < 4.78 is 5.12. The maximum absolute atomic E-state index is 5.12. The molecule has 4 rings (SSSR count). The molecule has 0 saturated heterocycles. The fraction of sp³-hybridized carbons (Fsp3) is 0.294. The second-order valence-corrected chi connectivity index (χ2v) is 5.52. The molecule has 2 heterocycles. The van der Waals surface area contributed by atoms with Gasteiger partial charge >= 0.3 is 0 Å². The molecule has 0 radical (unpaired) electrons. The Labute approximate surface area is 118 Å². The topological polar surface area (TPSA) is 41.0 Å². The van der Waals surface area contributed by atoms with Gasteiger partial charge in [0.15, 0.2) is 0 Å². The second-order valence-electron chi connectivity index (χ2n) is 5.52. The molecule has 0 aliphatic heterocycles. The third-order valence-corrected chi connectivity index (χ3v) is 4.25. The Morgan fingerprint density at radius 1 is 1.25 bits per heavy atom. The minimum Gasteiger partial charge on any atom is -0.472 e. The highest BCUT2D eigenvalue weighted by Gasteiger charge is 2.23. The van der Waals surface area contributed by atoms with Gasteiger partial charge in [0.2, 0.25) is 0 Å². The van der Waals surface area contributed by atoms with Gasteiger partial charge in [0.05, 0.1) is 12.5 Å². The first-order valence-corrected chi connectivity index (χ1v) is 7.26. The molecular formula is C17H18N2O. The Balaban J connectivity index is 1.64. The molecule has 0 spiro atoms. The lowest BCUT2D eigenvalue weighted by molar-refractivity contribution is 0.450. The van der Waals surface area contributed by atoms with Crippen LogP contribution in [0.4, 0.5) is 0 Å². The van der Waals surface area contributed by atoms with E-state index in [9.17, 15) is 0 Å². The van der Waals surface area contributed by atoms with Crippen LogP contribution in [-0.4, -0.2) is 4.98 Å². The summed E-state index contributed by atoms with van der Waals surface area (Å²) in [5.74, 6) is 0. The van der Waals surface area contributed by atoms with E-state index in [0.717, 1.165) is 6.54 Å². The quantitative estimate of drug-likeness (QED) is 0.754. The zero-order chi connectivity index (χ0) is 13.4. The summed E-state index contributed by atoms with van der Waals surface area (Å²) in [5.41, 5.74) is 5.33. The predicted molar refractivity (Wildman–Crippen MR) is 79.5 cm³/mol. The number of fused-ring (bicyclic) bond motifs is 3. The Morgan fingerprint density at radius 3 is 3.10 bits per heavy atom. The van der Waals surface area contributed by atoms with Crippen molar-refractivity contribution in [1.82, 2.24) is 10.3 Å². The van der Waals surface area contributed by atoms with Crippen LogP contribution in [0.3, 0.4) is 0 Å². The molecule has 1 unspecified atom stereocenters. The largest absolute Gasteiger partial charge is 0.472 e. The van der Waals surface area contributed by atoms with Crippen LogP contribution >= 0.6 is 0 Å². The molecule has 2 aromatic heterocycles. The van der Waals surface area contributed by atoms with Gasteiger partial charge in [-0.3, -0.25) is 0 Å². The van der Waals surface area contributed by atoms with E-state index in [2.05, 4.69) is 34.6 Å². The fourth-order valence-corrected chi connectivity index (χ4v) is 3.25. The molecule has 1 aliphatic carbocycles. The van der Waals surface area contributed by atoms with Crippen LogP contribution in [0.1, 0.15) is 35.7 Å². The maximum atomic E-state index is 5.12. The van der Waals surface area contributed by atoms with Gasteiger partial charge in [-0.2, -0.15) is 0 Å². The summed E-state index contributed by atoms with van der Waals surface area (Å²) in [6, 6.07) is 11.0. The second kappa shape index (κ2) is 4.84. The summed E-state index contributed by atoms with van der Waals surface area (Å²) in [5, 5.41) is 5.04. The highest BCUT2D eigenvalue weighted by atomic mass is 16.3. The Hall–Kier alpha value is -2.00. The number of aryl methyl sites for hydroxylation is 1. The molecule has 1 atom stereocenters. The average Bonchev–Trinajstić information content (AvgIpc) is 3.12. The minimum atomic E-state index is 0.418. The van der Waals surface area contributed by atoms with E-state index in [0.29, 0.717) is 6.04 Å². The fourth-order valence-electron chi connectivity index (χ4n) is 3.25. The normalized spacial score (nSPS) is 18.3. The molecule has 3 heteroatoms. The zero-order valence-electron chi connectivity index (χ0n) is 11.4. The predicted octanol–water partition coefficient (Wildman–Crippen LogP) is 3.93. The van der Waals surface area contributed by atoms with Crippen LogP contribution in [-0.2, 0) is 13.0 Å². The number of nitrogens with one attached hydrogen (secondary N) is 2. The summed E-state index contributed by atoms with van der Waals surface area (Å²) >= 11 is 0. The van der Waals surface area contributed by atoms with E-state index in [1.54, 1.807) is 6.26 Å². The van der Waals surface area contributed by atoms with Gasteiger partial charge < -0.3 is 14.7 Å². The van der Waals surface area contributed by atoms with E-state index < -0.39 is 0 Å². The summed E-state index contributed by atoms with van der Waals surface area (Å²) in [4.78, 5) is 3.61. The summed E-state index contributed by atoms with van der Waals surface area (Å²) in [6.45, 7) is 0.857. The van der Waals surface area contributed by atoms with Crippen molar-refractivity contribution in [2.45, 2.75) is 31.8 Å². The molecule has 1 aliphatic rings. The molecule has 3 nitrogen and oxygen atoms in total. The Kier molecular flexibility index (Phi) is 2.85. The number of hydrogen-bond acceptors (Lipinski definition) is 2. The summed E-state index contributed by atoms with van der Waals surface area (Å²) in [7, 11) is 0. The van der Waals surface area contributed by atoms with Gasteiger partial charge in [0, 0.05) is 34.7 Å². The van der Waals surface area contributed by atoms with Crippen molar-refractivity contribution in [2.24, 2.45) is 0 Å². The first-order chi connectivity index (χ1) is 9.92. The van der Waals surface area contributed by atoms with Crippen LogP contribution in [0.5, 0.6) is 0 Å². The SMILES string of the molecule is c1ccc2c3c([nH]c2c1)C(NCc1ccoc1)CCC3. The molecule has 0 amide bonds. The molecule has 1 aromatic carbocycles. The van der Waals surface area contributed by atoms with Crippen molar-refractivity contribution < 1.29 is 4.42 Å². The summed E-state index contributed by atoms with van der Waals surface area (Å²) in [6.07, 6.45) is 7.16. The number of aromatic amines is 1. The number of furan rings is 1. The van der Waals surface area contributed by atoms with Gasteiger partial charge in [-0.25, -0.2) is 0 Å². The van der Waals surface area contributed by atoms with Crippen molar-refractivity contribution >= 4 is 10.9 Å². The molecule has 102 valence electrons. The first-order valence-electron chi connectivity index (χ1n) is 7.26. The highest BCUT2D eigenvalue weighted by Crippen LogP contribution is 2.34. The van der Waals surface area contributed by atoms with Gasteiger partial charge in [0.25, 0.3) is 0 Å². The van der Waals surface area contributed by atoms with Crippen molar-refractivity contribution in [3.8, 4) is 0 Å². The number of rotatable bonds is 3. The number of para-hydroxylation sites is 1. The Bertz CT molecular complexity index is 712. The molecule has 0 fully saturated rings.